The van der Waals surface area contributed by atoms with Crippen LogP contribution in [0.2, 0.25) is 5.02 Å². The summed E-state index contributed by atoms with van der Waals surface area (Å²) in [4.78, 5) is 4.95. The molecule has 1 fully saturated rings. The standard InChI is InChI=1S/C17H28ClN3/c1-17(2,3)19-9-6-10-20-11-13-21(14-12-20)16-8-5-4-7-15(16)18/h4-5,7-8,19H,6,9-14H2,1-3H3. The Kier molecular flexibility index (Phi) is 5.91. The summed E-state index contributed by atoms with van der Waals surface area (Å²) in [7, 11) is 0. The molecule has 0 atom stereocenters. The van der Waals surface area contributed by atoms with Gasteiger partial charge < -0.3 is 10.2 Å². The topological polar surface area (TPSA) is 18.5 Å². The normalized spacial score (nSPS) is 17.2. The predicted octanol–water partition coefficient (Wildman–Crippen LogP) is 3.24. The molecule has 1 N–H and O–H groups in total. The number of piperazine rings is 1. The van der Waals surface area contributed by atoms with Crippen LogP contribution < -0.4 is 10.2 Å². The second-order valence-corrected chi connectivity index (χ2v) is 7.22. The zero-order chi connectivity index (χ0) is 15.3. The lowest BCUT2D eigenvalue weighted by Crippen LogP contribution is -2.47. The van der Waals surface area contributed by atoms with Gasteiger partial charge in [-0.1, -0.05) is 23.7 Å². The van der Waals surface area contributed by atoms with E-state index in [9.17, 15) is 0 Å². The van der Waals surface area contributed by atoms with E-state index < -0.39 is 0 Å². The quantitative estimate of drug-likeness (QED) is 0.842. The first-order valence-electron chi connectivity index (χ1n) is 7.92. The van der Waals surface area contributed by atoms with Gasteiger partial charge in [-0.15, -0.1) is 0 Å². The fourth-order valence-electron chi connectivity index (χ4n) is 2.69. The Morgan fingerprint density at radius 1 is 1.10 bits per heavy atom. The van der Waals surface area contributed by atoms with E-state index in [2.05, 4.69) is 48.0 Å². The first-order valence-corrected chi connectivity index (χ1v) is 8.30. The highest BCUT2D eigenvalue weighted by Gasteiger charge is 2.18. The third-order valence-corrected chi connectivity index (χ3v) is 4.19. The monoisotopic (exact) mass is 309 g/mol. The summed E-state index contributed by atoms with van der Waals surface area (Å²) in [6.45, 7) is 13.3. The van der Waals surface area contributed by atoms with E-state index in [-0.39, 0.29) is 5.54 Å². The van der Waals surface area contributed by atoms with Gasteiger partial charge in [0.2, 0.25) is 0 Å². The summed E-state index contributed by atoms with van der Waals surface area (Å²) in [5.74, 6) is 0. The molecule has 0 bridgehead atoms. The summed E-state index contributed by atoms with van der Waals surface area (Å²) in [6, 6.07) is 8.14. The third kappa shape index (κ3) is 5.50. The molecule has 0 saturated carbocycles. The van der Waals surface area contributed by atoms with Gasteiger partial charge in [0.05, 0.1) is 10.7 Å². The van der Waals surface area contributed by atoms with Gasteiger partial charge >= 0.3 is 0 Å². The number of nitrogens with zero attached hydrogens (tertiary/aromatic N) is 2. The van der Waals surface area contributed by atoms with Crippen molar-refractivity contribution >= 4 is 17.3 Å². The number of hydrogen-bond donors (Lipinski definition) is 1. The Balaban J connectivity index is 1.70. The van der Waals surface area contributed by atoms with Crippen LogP contribution in [0.1, 0.15) is 27.2 Å². The Morgan fingerprint density at radius 2 is 1.76 bits per heavy atom. The predicted molar refractivity (Wildman–Crippen MR) is 92.5 cm³/mol. The van der Waals surface area contributed by atoms with E-state index in [1.165, 1.54) is 18.7 Å². The van der Waals surface area contributed by atoms with Gasteiger partial charge in [0, 0.05) is 31.7 Å². The maximum atomic E-state index is 6.28. The third-order valence-electron chi connectivity index (χ3n) is 3.87. The van der Waals surface area contributed by atoms with Crippen LogP contribution in [0, 0.1) is 0 Å². The molecule has 1 heterocycles. The molecule has 1 saturated heterocycles. The molecule has 1 aromatic rings. The first-order chi connectivity index (χ1) is 9.96. The van der Waals surface area contributed by atoms with Crippen molar-refractivity contribution < 1.29 is 0 Å². The van der Waals surface area contributed by atoms with Crippen molar-refractivity contribution in [2.75, 3.05) is 44.2 Å². The van der Waals surface area contributed by atoms with E-state index in [0.29, 0.717) is 0 Å². The van der Waals surface area contributed by atoms with Crippen LogP contribution in [0.3, 0.4) is 0 Å². The van der Waals surface area contributed by atoms with E-state index in [1.54, 1.807) is 0 Å². The second-order valence-electron chi connectivity index (χ2n) is 6.81. The maximum absolute atomic E-state index is 6.28. The van der Waals surface area contributed by atoms with Gasteiger partial charge in [-0.2, -0.15) is 0 Å². The SMILES string of the molecule is CC(C)(C)NCCCN1CCN(c2ccccc2Cl)CC1. The molecule has 0 radical (unpaired) electrons. The minimum absolute atomic E-state index is 0.225. The molecule has 3 nitrogen and oxygen atoms in total. The number of benzene rings is 1. The van der Waals surface area contributed by atoms with Crippen LogP contribution in [-0.4, -0.2) is 49.7 Å². The largest absolute Gasteiger partial charge is 0.368 e. The molecular weight excluding hydrogens is 282 g/mol. The van der Waals surface area contributed by atoms with Crippen molar-refractivity contribution in [3.05, 3.63) is 29.3 Å². The molecule has 118 valence electrons. The van der Waals surface area contributed by atoms with Crippen LogP contribution in [0.4, 0.5) is 5.69 Å². The van der Waals surface area contributed by atoms with E-state index >= 15 is 0 Å². The summed E-state index contributed by atoms with van der Waals surface area (Å²) >= 11 is 6.28. The minimum atomic E-state index is 0.225. The van der Waals surface area contributed by atoms with Crippen molar-refractivity contribution in [3.8, 4) is 0 Å². The number of para-hydroxylation sites is 1. The molecule has 1 aromatic carbocycles. The lowest BCUT2D eigenvalue weighted by molar-refractivity contribution is 0.250. The average Bonchev–Trinajstić information content (AvgIpc) is 2.44. The summed E-state index contributed by atoms with van der Waals surface area (Å²) in [5, 5.41) is 4.41. The number of halogens is 1. The Labute approximate surface area is 134 Å². The molecule has 0 aromatic heterocycles. The first kappa shape index (κ1) is 16.6. The Morgan fingerprint density at radius 3 is 2.38 bits per heavy atom. The Hall–Kier alpha value is -0.770. The van der Waals surface area contributed by atoms with Gasteiger partial charge in [-0.05, 0) is 52.4 Å². The molecule has 0 spiro atoms. The Bertz CT molecular complexity index is 434. The van der Waals surface area contributed by atoms with Gasteiger partial charge in [0.15, 0.2) is 0 Å². The van der Waals surface area contributed by atoms with Crippen molar-refractivity contribution in [3.63, 3.8) is 0 Å². The molecule has 21 heavy (non-hydrogen) atoms. The summed E-state index contributed by atoms with van der Waals surface area (Å²) in [6.07, 6.45) is 1.21. The number of rotatable bonds is 5. The van der Waals surface area contributed by atoms with E-state index in [0.717, 1.165) is 37.7 Å². The van der Waals surface area contributed by atoms with Crippen LogP contribution in [0.5, 0.6) is 0 Å². The molecule has 1 aliphatic heterocycles. The van der Waals surface area contributed by atoms with Gasteiger partial charge in [-0.3, -0.25) is 4.90 Å². The lowest BCUT2D eigenvalue weighted by Gasteiger charge is -2.36. The molecule has 2 rings (SSSR count). The highest BCUT2D eigenvalue weighted by atomic mass is 35.5. The van der Waals surface area contributed by atoms with Gasteiger partial charge in [-0.25, -0.2) is 0 Å². The molecule has 0 unspecified atom stereocenters. The average molecular weight is 310 g/mol. The fourth-order valence-corrected chi connectivity index (χ4v) is 2.94. The van der Waals surface area contributed by atoms with Crippen molar-refractivity contribution in [2.24, 2.45) is 0 Å². The van der Waals surface area contributed by atoms with Gasteiger partial charge in [0.25, 0.3) is 0 Å². The van der Waals surface area contributed by atoms with Crippen LogP contribution >= 0.6 is 11.6 Å². The van der Waals surface area contributed by atoms with Crippen LogP contribution in [0.25, 0.3) is 0 Å². The highest BCUT2D eigenvalue weighted by molar-refractivity contribution is 6.33. The number of nitrogens with one attached hydrogen (secondary N) is 1. The van der Waals surface area contributed by atoms with Crippen LogP contribution in [0.15, 0.2) is 24.3 Å². The van der Waals surface area contributed by atoms with Crippen molar-refractivity contribution in [1.82, 2.24) is 10.2 Å². The highest BCUT2D eigenvalue weighted by Crippen LogP contribution is 2.25. The van der Waals surface area contributed by atoms with Crippen molar-refractivity contribution in [2.45, 2.75) is 32.7 Å². The lowest BCUT2D eigenvalue weighted by atomic mass is 10.1. The van der Waals surface area contributed by atoms with Crippen molar-refractivity contribution in [1.29, 1.82) is 0 Å². The molecule has 0 aliphatic carbocycles. The fraction of sp³-hybridized carbons (Fsp3) is 0.647. The minimum Gasteiger partial charge on any atom is -0.368 e. The number of anilines is 1. The molecule has 4 heteroatoms. The van der Waals surface area contributed by atoms with Crippen LogP contribution in [-0.2, 0) is 0 Å². The zero-order valence-electron chi connectivity index (χ0n) is 13.5. The van der Waals surface area contributed by atoms with E-state index in [4.69, 9.17) is 11.6 Å². The smallest absolute Gasteiger partial charge is 0.0639 e. The van der Waals surface area contributed by atoms with E-state index in [1.807, 2.05) is 12.1 Å². The summed E-state index contributed by atoms with van der Waals surface area (Å²) < 4.78 is 0. The summed E-state index contributed by atoms with van der Waals surface area (Å²) in [5.41, 5.74) is 1.40. The zero-order valence-corrected chi connectivity index (χ0v) is 14.3. The molecule has 1 aliphatic rings. The molecular formula is C17H28ClN3. The number of hydrogen-bond acceptors (Lipinski definition) is 3. The van der Waals surface area contributed by atoms with Gasteiger partial charge in [0.1, 0.15) is 0 Å². The molecule has 0 amide bonds. The maximum Gasteiger partial charge on any atom is 0.0639 e. The second kappa shape index (κ2) is 7.48.